The highest BCUT2D eigenvalue weighted by atomic mass is 32.1. The molecule has 18 heavy (non-hydrogen) atoms. The van der Waals surface area contributed by atoms with Crippen LogP contribution in [0.2, 0.25) is 0 Å². The molecule has 0 atom stereocenters. The number of aromatic nitrogens is 1. The summed E-state index contributed by atoms with van der Waals surface area (Å²) in [6.45, 7) is 0. The highest BCUT2D eigenvalue weighted by Gasteiger charge is 2.14. The van der Waals surface area contributed by atoms with Crippen LogP contribution < -0.4 is 10.2 Å². The molecule has 0 aromatic carbocycles. The van der Waals surface area contributed by atoms with Crippen LogP contribution in [0.15, 0.2) is 29.0 Å². The summed E-state index contributed by atoms with van der Waals surface area (Å²) >= 11 is 1.63. The number of nitrogens with zero attached hydrogens (tertiary/aromatic N) is 2. The summed E-state index contributed by atoms with van der Waals surface area (Å²) in [6.07, 6.45) is 0. The van der Waals surface area contributed by atoms with Crippen molar-refractivity contribution in [2.45, 2.75) is 0 Å². The summed E-state index contributed by atoms with van der Waals surface area (Å²) in [4.78, 5) is 18.2. The van der Waals surface area contributed by atoms with E-state index in [1.54, 1.807) is 18.4 Å². The number of hydrogen-bond acceptors (Lipinski definition) is 4. The van der Waals surface area contributed by atoms with Gasteiger partial charge < -0.3 is 10.2 Å². The zero-order valence-corrected chi connectivity index (χ0v) is 11.4. The SMILES string of the molecule is CNC(=O)c1ccc(-c2ccsc2)nc1N(C)C. The first kappa shape index (κ1) is 12.6. The minimum Gasteiger partial charge on any atom is -0.362 e. The molecule has 0 aliphatic rings. The van der Waals surface area contributed by atoms with Gasteiger partial charge in [0.05, 0.1) is 11.3 Å². The third-order valence-corrected chi connectivity index (χ3v) is 3.27. The van der Waals surface area contributed by atoms with E-state index in [0.29, 0.717) is 11.4 Å². The van der Waals surface area contributed by atoms with E-state index in [-0.39, 0.29) is 5.91 Å². The second kappa shape index (κ2) is 5.18. The fourth-order valence-electron chi connectivity index (χ4n) is 1.67. The molecule has 5 heteroatoms. The molecule has 0 aliphatic heterocycles. The number of carbonyl (C=O) groups excluding carboxylic acids is 1. The predicted octanol–water partition coefficient (Wildman–Crippen LogP) is 2.24. The topological polar surface area (TPSA) is 45.2 Å². The lowest BCUT2D eigenvalue weighted by molar-refractivity contribution is 0.0963. The average molecular weight is 261 g/mol. The molecule has 4 nitrogen and oxygen atoms in total. The Labute approximate surface area is 110 Å². The number of carbonyl (C=O) groups is 1. The van der Waals surface area contributed by atoms with Crippen molar-refractivity contribution in [3.05, 3.63) is 34.5 Å². The number of thiophene rings is 1. The maximum Gasteiger partial charge on any atom is 0.254 e. The Morgan fingerprint density at radius 3 is 2.67 bits per heavy atom. The fraction of sp³-hybridized carbons (Fsp3) is 0.231. The standard InChI is InChI=1S/C13H15N3OS/c1-14-13(17)10-4-5-11(9-6-7-18-8-9)15-12(10)16(2)3/h4-8H,1-3H3,(H,14,17). The van der Waals surface area contributed by atoms with Crippen LogP contribution in [-0.4, -0.2) is 32.0 Å². The van der Waals surface area contributed by atoms with Crippen molar-refractivity contribution in [2.75, 3.05) is 26.0 Å². The Morgan fingerprint density at radius 1 is 1.33 bits per heavy atom. The third kappa shape index (κ3) is 2.36. The monoisotopic (exact) mass is 261 g/mol. The fourth-order valence-corrected chi connectivity index (χ4v) is 2.32. The predicted molar refractivity (Wildman–Crippen MR) is 75.3 cm³/mol. The summed E-state index contributed by atoms with van der Waals surface area (Å²) in [6, 6.07) is 5.71. The Balaban J connectivity index is 2.50. The lowest BCUT2D eigenvalue weighted by Crippen LogP contribution is -2.23. The van der Waals surface area contributed by atoms with Crippen LogP contribution in [0.3, 0.4) is 0 Å². The molecule has 0 aliphatic carbocycles. The highest BCUT2D eigenvalue weighted by molar-refractivity contribution is 7.08. The molecule has 0 fully saturated rings. The van der Waals surface area contributed by atoms with Gasteiger partial charge in [0.25, 0.3) is 5.91 Å². The largest absolute Gasteiger partial charge is 0.362 e. The van der Waals surface area contributed by atoms with E-state index in [4.69, 9.17) is 0 Å². The zero-order chi connectivity index (χ0) is 13.1. The van der Waals surface area contributed by atoms with Crippen LogP contribution in [0.25, 0.3) is 11.3 Å². The van der Waals surface area contributed by atoms with Crippen molar-refractivity contribution in [1.29, 1.82) is 0 Å². The van der Waals surface area contributed by atoms with Gasteiger partial charge in [0.2, 0.25) is 0 Å². The number of rotatable bonds is 3. The second-order valence-electron chi connectivity index (χ2n) is 4.05. The molecule has 2 aromatic rings. The third-order valence-electron chi connectivity index (χ3n) is 2.59. The number of hydrogen-bond donors (Lipinski definition) is 1. The smallest absolute Gasteiger partial charge is 0.254 e. The van der Waals surface area contributed by atoms with Gasteiger partial charge in [-0.05, 0) is 23.6 Å². The van der Waals surface area contributed by atoms with E-state index in [0.717, 1.165) is 11.3 Å². The van der Waals surface area contributed by atoms with Crippen LogP contribution in [-0.2, 0) is 0 Å². The number of anilines is 1. The van der Waals surface area contributed by atoms with Crippen molar-refractivity contribution in [1.82, 2.24) is 10.3 Å². The molecule has 1 N–H and O–H groups in total. The van der Waals surface area contributed by atoms with Crippen LogP contribution >= 0.6 is 11.3 Å². The van der Waals surface area contributed by atoms with Gasteiger partial charge in [-0.25, -0.2) is 4.98 Å². The first-order valence-corrected chi connectivity index (χ1v) is 6.50. The van der Waals surface area contributed by atoms with Gasteiger partial charge in [-0.3, -0.25) is 4.79 Å². The van der Waals surface area contributed by atoms with E-state index in [1.165, 1.54) is 0 Å². The molecule has 2 rings (SSSR count). The Hall–Kier alpha value is -1.88. The normalized spacial score (nSPS) is 10.2. The van der Waals surface area contributed by atoms with Gasteiger partial charge >= 0.3 is 0 Å². The maximum absolute atomic E-state index is 11.8. The molecule has 2 heterocycles. The number of nitrogens with one attached hydrogen (secondary N) is 1. The van der Waals surface area contributed by atoms with Crippen molar-refractivity contribution in [2.24, 2.45) is 0 Å². The highest BCUT2D eigenvalue weighted by Crippen LogP contribution is 2.24. The Kier molecular flexibility index (Phi) is 3.62. The van der Waals surface area contributed by atoms with Gasteiger partial charge in [0, 0.05) is 32.1 Å². The molecule has 0 radical (unpaired) electrons. The van der Waals surface area contributed by atoms with Crippen molar-refractivity contribution in [3.63, 3.8) is 0 Å². The summed E-state index contributed by atoms with van der Waals surface area (Å²) in [5.74, 6) is 0.557. The quantitative estimate of drug-likeness (QED) is 0.921. The molecule has 0 saturated heterocycles. The molecule has 0 saturated carbocycles. The minimum absolute atomic E-state index is 0.122. The molecule has 2 aromatic heterocycles. The zero-order valence-electron chi connectivity index (χ0n) is 10.6. The Morgan fingerprint density at radius 2 is 2.11 bits per heavy atom. The van der Waals surface area contributed by atoms with Crippen LogP contribution in [0, 0.1) is 0 Å². The van der Waals surface area contributed by atoms with Crippen LogP contribution in [0.4, 0.5) is 5.82 Å². The summed E-state index contributed by atoms with van der Waals surface area (Å²) in [5, 5.41) is 6.68. The molecule has 94 valence electrons. The molecule has 0 spiro atoms. The molecule has 0 bridgehead atoms. The van der Waals surface area contributed by atoms with Crippen LogP contribution in [0.5, 0.6) is 0 Å². The maximum atomic E-state index is 11.8. The van der Waals surface area contributed by atoms with Gasteiger partial charge in [-0.15, -0.1) is 0 Å². The van der Waals surface area contributed by atoms with Crippen molar-refractivity contribution >= 4 is 23.1 Å². The van der Waals surface area contributed by atoms with E-state index in [2.05, 4.69) is 10.3 Å². The minimum atomic E-state index is -0.122. The summed E-state index contributed by atoms with van der Waals surface area (Å²) < 4.78 is 0. The van der Waals surface area contributed by atoms with Gasteiger partial charge in [0.15, 0.2) is 0 Å². The van der Waals surface area contributed by atoms with Gasteiger partial charge in [0.1, 0.15) is 5.82 Å². The molecule has 0 unspecified atom stereocenters. The first-order chi connectivity index (χ1) is 8.63. The first-order valence-electron chi connectivity index (χ1n) is 5.56. The number of amides is 1. The van der Waals surface area contributed by atoms with Gasteiger partial charge in [-0.2, -0.15) is 11.3 Å². The lowest BCUT2D eigenvalue weighted by atomic mass is 10.1. The van der Waals surface area contributed by atoms with E-state index >= 15 is 0 Å². The van der Waals surface area contributed by atoms with E-state index in [1.807, 2.05) is 48.0 Å². The molecular weight excluding hydrogens is 246 g/mol. The lowest BCUT2D eigenvalue weighted by Gasteiger charge is -2.16. The summed E-state index contributed by atoms with van der Waals surface area (Å²) in [5.41, 5.74) is 2.54. The molecule has 1 amide bonds. The Bertz CT molecular complexity index is 549. The number of pyridine rings is 1. The molecular formula is C13H15N3OS. The van der Waals surface area contributed by atoms with Crippen molar-refractivity contribution in [3.8, 4) is 11.3 Å². The summed E-state index contributed by atoms with van der Waals surface area (Å²) in [7, 11) is 5.38. The average Bonchev–Trinajstić information content (AvgIpc) is 2.91. The second-order valence-corrected chi connectivity index (χ2v) is 4.83. The van der Waals surface area contributed by atoms with E-state index < -0.39 is 0 Å². The van der Waals surface area contributed by atoms with E-state index in [9.17, 15) is 4.79 Å². The van der Waals surface area contributed by atoms with Crippen LogP contribution in [0.1, 0.15) is 10.4 Å². The van der Waals surface area contributed by atoms with Crippen molar-refractivity contribution < 1.29 is 4.79 Å². The van der Waals surface area contributed by atoms with Gasteiger partial charge in [-0.1, -0.05) is 0 Å².